The third-order valence-corrected chi connectivity index (χ3v) is 10.1. The summed E-state index contributed by atoms with van der Waals surface area (Å²) in [5.41, 5.74) is 3.42. The molecule has 0 fully saturated rings. The number of thioether (sulfide) groups is 1. The third-order valence-electron chi connectivity index (χ3n) is 8.39. The molecule has 0 aliphatic rings. The summed E-state index contributed by atoms with van der Waals surface area (Å²) in [5.74, 6) is -2.13. The standard InChI is InChI=1S/C42H47NO5S/c1-30(26-39(46)48-41(3,4)5)40(47)43-37(27-32-18-10-6-11-19-32)38(45)28-33(31(2)44)29-49-42(34-20-12-7-13-21-34,35-22-14-8-15-23-35)36-24-16-9-17-25-36/h6-25,30,33,37H,26-29H2,1-5H3,(H,43,47)/t30-,33-,37-/m0/s1. The van der Waals surface area contributed by atoms with Gasteiger partial charge >= 0.3 is 5.97 Å². The smallest absolute Gasteiger partial charge is 0.307 e. The molecule has 0 saturated heterocycles. The Bertz CT molecular complexity index is 1570. The lowest BCUT2D eigenvalue weighted by atomic mass is 9.84. The van der Waals surface area contributed by atoms with Gasteiger partial charge in [0.15, 0.2) is 5.78 Å². The first-order valence-electron chi connectivity index (χ1n) is 16.8. The zero-order chi connectivity index (χ0) is 35.4. The number of hydrogen-bond donors (Lipinski definition) is 1. The molecule has 4 aromatic carbocycles. The van der Waals surface area contributed by atoms with Gasteiger partial charge in [-0.25, -0.2) is 0 Å². The summed E-state index contributed by atoms with van der Waals surface area (Å²) >= 11 is 1.64. The van der Waals surface area contributed by atoms with Gasteiger partial charge in [-0.3, -0.25) is 19.2 Å². The molecular weight excluding hydrogens is 631 g/mol. The topological polar surface area (TPSA) is 89.5 Å². The number of hydrogen-bond acceptors (Lipinski definition) is 6. The maximum Gasteiger partial charge on any atom is 0.307 e. The molecule has 4 aromatic rings. The van der Waals surface area contributed by atoms with Gasteiger partial charge in [0.1, 0.15) is 11.4 Å². The fourth-order valence-electron chi connectivity index (χ4n) is 5.83. The zero-order valence-electron chi connectivity index (χ0n) is 29.1. The molecular formula is C42H47NO5S. The fourth-order valence-corrected chi connectivity index (χ4v) is 7.55. The molecule has 0 bridgehead atoms. The molecule has 49 heavy (non-hydrogen) atoms. The highest BCUT2D eigenvalue weighted by molar-refractivity contribution is 8.00. The molecule has 6 nitrogen and oxygen atoms in total. The molecule has 0 unspecified atom stereocenters. The third kappa shape index (κ3) is 10.5. The van der Waals surface area contributed by atoms with Crippen LogP contribution in [0, 0.1) is 11.8 Å². The normalized spacial score (nSPS) is 13.5. The quantitative estimate of drug-likeness (QED) is 0.0956. The number of esters is 1. The molecule has 3 atom stereocenters. The highest BCUT2D eigenvalue weighted by Crippen LogP contribution is 2.49. The lowest BCUT2D eigenvalue weighted by molar-refractivity contribution is -0.157. The number of carbonyl (C=O) groups is 4. The van der Waals surface area contributed by atoms with Crippen molar-refractivity contribution in [3.63, 3.8) is 0 Å². The predicted octanol–water partition coefficient (Wildman–Crippen LogP) is 7.97. The Labute approximate surface area is 295 Å². The van der Waals surface area contributed by atoms with Crippen molar-refractivity contribution in [1.82, 2.24) is 5.32 Å². The second kappa shape index (κ2) is 17.3. The van der Waals surface area contributed by atoms with Crippen molar-refractivity contribution in [2.75, 3.05) is 5.75 Å². The van der Waals surface area contributed by atoms with Crippen molar-refractivity contribution in [1.29, 1.82) is 0 Å². The van der Waals surface area contributed by atoms with Crippen molar-refractivity contribution in [2.24, 2.45) is 11.8 Å². The first-order valence-corrected chi connectivity index (χ1v) is 17.8. The van der Waals surface area contributed by atoms with Crippen LogP contribution >= 0.6 is 11.8 Å². The van der Waals surface area contributed by atoms with E-state index in [0.717, 1.165) is 22.3 Å². The minimum Gasteiger partial charge on any atom is -0.460 e. The number of nitrogens with one attached hydrogen (secondary N) is 1. The lowest BCUT2D eigenvalue weighted by Crippen LogP contribution is -2.46. The van der Waals surface area contributed by atoms with Gasteiger partial charge in [-0.05, 0) is 56.4 Å². The van der Waals surface area contributed by atoms with Crippen LogP contribution in [-0.4, -0.2) is 40.8 Å². The van der Waals surface area contributed by atoms with Crippen LogP contribution in [-0.2, 0) is 35.1 Å². The summed E-state index contributed by atoms with van der Waals surface area (Å²) in [6.07, 6.45) is 0.127. The minimum atomic E-state index is -0.870. The Morgan fingerprint density at radius 2 is 1.14 bits per heavy atom. The molecule has 0 aromatic heterocycles. The van der Waals surface area contributed by atoms with E-state index in [0.29, 0.717) is 5.75 Å². The number of Topliss-reactive ketones (excluding diaryl/α,β-unsaturated/α-hetero) is 2. The van der Waals surface area contributed by atoms with Gasteiger partial charge in [0, 0.05) is 24.0 Å². The van der Waals surface area contributed by atoms with Gasteiger partial charge in [-0.2, -0.15) is 0 Å². The Hall–Kier alpha value is -4.49. The molecule has 7 heteroatoms. The molecule has 256 valence electrons. The van der Waals surface area contributed by atoms with Crippen LogP contribution in [0.2, 0.25) is 0 Å². The summed E-state index contributed by atoms with van der Waals surface area (Å²) < 4.78 is 4.77. The van der Waals surface area contributed by atoms with Gasteiger partial charge in [0.05, 0.1) is 17.2 Å². The van der Waals surface area contributed by atoms with Crippen molar-refractivity contribution in [3.8, 4) is 0 Å². The highest BCUT2D eigenvalue weighted by atomic mass is 32.2. The average molecular weight is 678 g/mol. The molecule has 1 N–H and O–H groups in total. The van der Waals surface area contributed by atoms with E-state index in [-0.39, 0.29) is 30.8 Å². The van der Waals surface area contributed by atoms with Crippen LogP contribution in [0.1, 0.15) is 69.7 Å². The van der Waals surface area contributed by atoms with Crippen LogP contribution in [0.15, 0.2) is 121 Å². The molecule has 0 heterocycles. The monoisotopic (exact) mass is 677 g/mol. The number of ketones is 2. The van der Waals surface area contributed by atoms with E-state index < -0.39 is 40.1 Å². The fraction of sp³-hybridized carbons (Fsp3) is 0.333. The predicted molar refractivity (Wildman–Crippen MR) is 197 cm³/mol. The largest absolute Gasteiger partial charge is 0.460 e. The van der Waals surface area contributed by atoms with Crippen molar-refractivity contribution in [2.45, 2.75) is 70.3 Å². The maximum atomic E-state index is 14.1. The molecule has 0 saturated carbocycles. The summed E-state index contributed by atoms with van der Waals surface area (Å²) in [6, 6.07) is 39.3. The van der Waals surface area contributed by atoms with E-state index in [1.807, 2.05) is 84.9 Å². The van der Waals surface area contributed by atoms with Crippen LogP contribution in [0.5, 0.6) is 0 Å². The Morgan fingerprint density at radius 1 is 0.694 bits per heavy atom. The molecule has 0 aliphatic carbocycles. The van der Waals surface area contributed by atoms with E-state index in [4.69, 9.17) is 4.74 Å². The van der Waals surface area contributed by atoms with Gasteiger partial charge in [-0.1, -0.05) is 128 Å². The second-order valence-corrected chi connectivity index (χ2v) is 14.7. The number of carbonyl (C=O) groups excluding carboxylic acids is 4. The highest BCUT2D eigenvalue weighted by Gasteiger charge is 2.38. The average Bonchev–Trinajstić information content (AvgIpc) is 3.08. The number of amides is 1. The minimum absolute atomic E-state index is 0.0327. The molecule has 0 radical (unpaired) electrons. The first kappa shape index (κ1) is 37.3. The number of ether oxygens (including phenoxy) is 1. The SMILES string of the molecule is CC(=O)[C@H](CSC(c1ccccc1)(c1ccccc1)c1ccccc1)CC(=O)[C@H](Cc1ccccc1)NC(=O)[C@@H](C)CC(=O)OC(C)(C)C. The Balaban J connectivity index is 1.60. The van der Waals surface area contributed by atoms with Crippen molar-refractivity contribution >= 4 is 35.2 Å². The molecule has 0 aliphatic heterocycles. The molecule has 0 spiro atoms. The molecule has 4 rings (SSSR count). The summed E-state index contributed by atoms with van der Waals surface area (Å²) in [5, 5.41) is 2.91. The van der Waals surface area contributed by atoms with E-state index in [1.165, 1.54) is 6.92 Å². The van der Waals surface area contributed by atoms with E-state index >= 15 is 0 Å². The van der Waals surface area contributed by atoms with Crippen molar-refractivity contribution in [3.05, 3.63) is 144 Å². The van der Waals surface area contributed by atoms with E-state index in [9.17, 15) is 19.2 Å². The second-order valence-electron chi connectivity index (χ2n) is 13.5. The number of benzene rings is 4. The number of rotatable bonds is 16. The summed E-state index contributed by atoms with van der Waals surface area (Å²) in [6.45, 7) is 8.50. The summed E-state index contributed by atoms with van der Waals surface area (Å²) in [4.78, 5) is 53.2. The van der Waals surface area contributed by atoms with E-state index in [1.54, 1.807) is 39.5 Å². The molecule has 1 amide bonds. The van der Waals surface area contributed by atoms with Gasteiger partial charge < -0.3 is 10.1 Å². The Kier molecular flexibility index (Phi) is 13.1. The van der Waals surface area contributed by atoms with Gasteiger partial charge in [0.25, 0.3) is 0 Å². The van der Waals surface area contributed by atoms with Crippen LogP contribution < -0.4 is 5.32 Å². The van der Waals surface area contributed by atoms with E-state index in [2.05, 4.69) is 41.7 Å². The first-order chi connectivity index (χ1) is 23.4. The summed E-state index contributed by atoms with van der Waals surface area (Å²) in [7, 11) is 0. The van der Waals surface area contributed by atoms with Gasteiger partial charge in [0.2, 0.25) is 5.91 Å². The maximum absolute atomic E-state index is 14.1. The van der Waals surface area contributed by atoms with Crippen LogP contribution in [0.3, 0.4) is 0 Å². The van der Waals surface area contributed by atoms with Gasteiger partial charge in [-0.15, -0.1) is 11.8 Å². The zero-order valence-corrected chi connectivity index (χ0v) is 29.9. The Morgan fingerprint density at radius 3 is 1.57 bits per heavy atom. The van der Waals surface area contributed by atoms with Crippen LogP contribution in [0.4, 0.5) is 0 Å². The van der Waals surface area contributed by atoms with Crippen LogP contribution in [0.25, 0.3) is 0 Å². The lowest BCUT2D eigenvalue weighted by Gasteiger charge is -2.36. The van der Waals surface area contributed by atoms with Crippen molar-refractivity contribution < 1.29 is 23.9 Å².